The number of carbonyl (C=O) groups excluding carboxylic acids is 1. The molecule has 0 aliphatic heterocycles. The van der Waals surface area contributed by atoms with E-state index in [4.69, 9.17) is 0 Å². The summed E-state index contributed by atoms with van der Waals surface area (Å²) in [5, 5.41) is 19.9. The summed E-state index contributed by atoms with van der Waals surface area (Å²) in [4.78, 5) is 16.1. The van der Waals surface area contributed by atoms with Crippen LogP contribution in [-0.2, 0) is 11.0 Å². The van der Waals surface area contributed by atoms with Gasteiger partial charge in [0.25, 0.3) is 5.91 Å². The van der Waals surface area contributed by atoms with Crippen LogP contribution in [0.4, 0.5) is 24.9 Å². The van der Waals surface area contributed by atoms with Crippen LogP contribution in [0.25, 0.3) is 5.65 Å². The van der Waals surface area contributed by atoms with E-state index in [0.717, 1.165) is 18.3 Å². The number of hydrogen-bond donors (Lipinski definition) is 3. The lowest BCUT2D eigenvalue weighted by Crippen LogP contribution is -2.70. The van der Waals surface area contributed by atoms with Crippen LogP contribution in [0.15, 0.2) is 36.1 Å². The Kier molecular flexibility index (Phi) is 6.18. The zero-order valence-corrected chi connectivity index (χ0v) is 14.8. The molecule has 0 radical (unpaired) electrons. The number of anilines is 2. The van der Waals surface area contributed by atoms with E-state index >= 15 is 0 Å². The van der Waals surface area contributed by atoms with Crippen molar-refractivity contribution in [1.82, 2.24) is 14.6 Å². The van der Waals surface area contributed by atoms with Gasteiger partial charge in [-0.25, -0.2) is 0 Å². The maximum atomic E-state index is 13.1. The molecule has 0 saturated heterocycles. The van der Waals surface area contributed by atoms with Crippen molar-refractivity contribution in [3.05, 3.63) is 46.8 Å². The smallest absolute Gasteiger partial charge is 0.416 e. The van der Waals surface area contributed by atoms with Crippen LogP contribution in [0, 0.1) is 5.21 Å². The highest BCUT2D eigenvalue weighted by Gasteiger charge is 2.32. The average molecular weight is 384 g/mol. The lowest BCUT2D eigenvalue weighted by Gasteiger charge is -2.14. The van der Waals surface area contributed by atoms with E-state index in [1.807, 2.05) is 0 Å². The molecule has 8 nitrogen and oxygen atoms in total. The van der Waals surface area contributed by atoms with Crippen molar-refractivity contribution >= 4 is 23.3 Å². The Hall–Kier alpha value is -2.92. The van der Waals surface area contributed by atoms with Crippen LogP contribution in [0.5, 0.6) is 0 Å². The van der Waals surface area contributed by atoms with E-state index in [9.17, 15) is 23.2 Å². The maximum absolute atomic E-state index is 13.1. The number of quaternary nitrogens is 1. The summed E-state index contributed by atoms with van der Waals surface area (Å²) in [5.74, 6) is -0.766. The molecule has 2 rings (SSSR count). The zero-order valence-electron chi connectivity index (χ0n) is 14.8. The van der Waals surface area contributed by atoms with Crippen molar-refractivity contribution in [2.24, 2.45) is 0 Å². The van der Waals surface area contributed by atoms with Gasteiger partial charge in [0.1, 0.15) is 12.0 Å². The molecule has 1 amide bonds. The van der Waals surface area contributed by atoms with Gasteiger partial charge >= 0.3 is 6.18 Å². The second-order valence-electron chi connectivity index (χ2n) is 5.84. The minimum Gasteiger partial charge on any atom is -0.631 e. The number of nitrogens with one attached hydrogen (secondary N) is 2. The highest BCUT2D eigenvalue weighted by molar-refractivity contribution is 6.04. The standard InChI is InChI=1S/C16H19F3N6O2/c1-4-5-10(8-20-27)14(26)23-15-22-13-7-11(16(17,18)19)6-12(21-9(2)3)25(13)24-15/h4-9,21H,20H2,1-3H3,(H,23,24,26). The van der Waals surface area contributed by atoms with Gasteiger partial charge in [0.2, 0.25) is 5.95 Å². The van der Waals surface area contributed by atoms with Crippen molar-refractivity contribution in [2.75, 3.05) is 10.6 Å². The number of nitrogens with two attached hydrogens (primary N) is 1. The molecule has 11 heteroatoms. The fourth-order valence-electron chi connectivity index (χ4n) is 2.23. The summed E-state index contributed by atoms with van der Waals surface area (Å²) >= 11 is 0. The first-order valence-corrected chi connectivity index (χ1v) is 7.99. The number of pyridine rings is 1. The fraction of sp³-hybridized carbons (Fsp3) is 0.312. The number of halogens is 3. The van der Waals surface area contributed by atoms with Gasteiger partial charge in [-0.2, -0.15) is 22.7 Å². The lowest BCUT2D eigenvalue weighted by molar-refractivity contribution is -0.515. The van der Waals surface area contributed by atoms with Crippen LogP contribution in [0.2, 0.25) is 0 Å². The number of alkyl halides is 3. The van der Waals surface area contributed by atoms with Crippen molar-refractivity contribution < 1.29 is 23.4 Å². The quantitative estimate of drug-likeness (QED) is 0.401. The molecule has 0 fully saturated rings. The molecule has 0 atom stereocenters. The van der Waals surface area contributed by atoms with Crippen LogP contribution in [-0.4, -0.2) is 26.5 Å². The molecule has 0 aliphatic carbocycles. The summed E-state index contributed by atoms with van der Waals surface area (Å²) in [6.45, 7) is 5.19. The average Bonchev–Trinajstić information content (AvgIpc) is 2.96. The largest absolute Gasteiger partial charge is 0.631 e. The Morgan fingerprint density at radius 1 is 1.37 bits per heavy atom. The maximum Gasteiger partial charge on any atom is 0.416 e. The topological polar surface area (TPSA) is 111 Å². The van der Waals surface area contributed by atoms with Gasteiger partial charge < -0.3 is 16.0 Å². The van der Waals surface area contributed by atoms with Crippen molar-refractivity contribution in [3.63, 3.8) is 0 Å². The van der Waals surface area contributed by atoms with E-state index in [1.54, 1.807) is 26.8 Å². The molecule has 0 aromatic carbocycles. The van der Waals surface area contributed by atoms with Gasteiger partial charge in [-0.1, -0.05) is 6.08 Å². The van der Waals surface area contributed by atoms with Crippen LogP contribution in [0.3, 0.4) is 0 Å². The Morgan fingerprint density at radius 2 is 2.07 bits per heavy atom. The van der Waals surface area contributed by atoms with Crippen molar-refractivity contribution in [1.29, 1.82) is 0 Å². The van der Waals surface area contributed by atoms with E-state index < -0.39 is 17.6 Å². The molecular formula is C16H19F3N6O2. The fourth-order valence-corrected chi connectivity index (χ4v) is 2.23. The second-order valence-corrected chi connectivity index (χ2v) is 5.84. The zero-order chi connectivity index (χ0) is 20.2. The van der Waals surface area contributed by atoms with Crippen LogP contribution >= 0.6 is 0 Å². The highest BCUT2D eigenvalue weighted by Crippen LogP contribution is 2.32. The molecular weight excluding hydrogens is 365 g/mol. The summed E-state index contributed by atoms with van der Waals surface area (Å²) in [5.41, 5.74) is -0.469. The number of hydrogen-bond acceptors (Lipinski definition) is 5. The number of amides is 1. The first-order chi connectivity index (χ1) is 12.7. The number of carbonyl (C=O) groups is 1. The Labute approximate surface area is 152 Å². The minimum absolute atomic E-state index is 0.0582. The summed E-state index contributed by atoms with van der Waals surface area (Å²) in [6, 6.07) is 1.60. The third-order valence-corrected chi connectivity index (χ3v) is 3.28. The summed E-state index contributed by atoms with van der Waals surface area (Å²) in [7, 11) is 0. The van der Waals surface area contributed by atoms with Crippen LogP contribution < -0.4 is 16.1 Å². The van der Waals surface area contributed by atoms with Crippen molar-refractivity contribution in [3.8, 4) is 0 Å². The number of allylic oxidation sites excluding steroid dienone is 1. The molecule has 0 spiro atoms. The van der Waals surface area contributed by atoms with E-state index in [-0.39, 0.29) is 29.0 Å². The second kappa shape index (κ2) is 8.18. The number of fused-ring (bicyclic) bond motifs is 1. The molecule has 0 bridgehead atoms. The van der Waals surface area contributed by atoms with Crippen molar-refractivity contribution in [2.45, 2.75) is 33.0 Å². The summed E-state index contributed by atoms with van der Waals surface area (Å²) < 4.78 is 40.5. The molecule has 2 heterocycles. The molecule has 27 heavy (non-hydrogen) atoms. The molecule has 4 N–H and O–H groups in total. The normalized spacial score (nSPS) is 13.0. The SMILES string of the molecule is CC=CC(=C[NH2+][O-])C(=O)Nc1nc2cc(C(F)(F)F)cc(NC(C)C)n2n1. The molecule has 0 saturated carbocycles. The van der Waals surface area contributed by atoms with Gasteiger partial charge in [-0.3, -0.25) is 10.1 Å². The van der Waals surface area contributed by atoms with Gasteiger partial charge in [-0.05, 0) is 39.0 Å². The van der Waals surface area contributed by atoms with Gasteiger partial charge in [0.05, 0.1) is 11.1 Å². The number of nitrogens with zero attached hydrogens (tertiary/aromatic N) is 3. The lowest BCUT2D eigenvalue weighted by atomic mass is 10.2. The van der Waals surface area contributed by atoms with Gasteiger partial charge in [0, 0.05) is 6.04 Å². The number of aromatic nitrogens is 3. The molecule has 146 valence electrons. The molecule has 0 aliphatic rings. The molecule has 2 aromatic heterocycles. The van der Waals surface area contributed by atoms with Crippen LogP contribution in [0.1, 0.15) is 26.3 Å². The van der Waals surface area contributed by atoms with E-state index in [1.165, 1.54) is 10.6 Å². The minimum atomic E-state index is -4.56. The Morgan fingerprint density at radius 3 is 2.63 bits per heavy atom. The highest BCUT2D eigenvalue weighted by atomic mass is 19.4. The predicted molar refractivity (Wildman–Crippen MR) is 93.6 cm³/mol. The first-order valence-electron chi connectivity index (χ1n) is 7.99. The number of rotatable bonds is 6. The van der Waals surface area contributed by atoms with Gasteiger partial charge in [0.15, 0.2) is 5.65 Å². The van der Waals surface area contributed by atoms with E-state index in [0.29, 0.717) is 5.48 Å². The third-order valence-electron chi connectivity index (χ3n) is 3.28. The monoisotopic (exact) mass is 384 g/mol. The molecule has 2 aromatic rings. The van der Waals surface area contributed by atoms with E-state index in [2.05, 4.69) is 20.7 Å². The predicted octanol–water partition coefficient (Wildman–Crippen LogP) is 2.03. The van der Waals surface area contributed by atoms with Gasteiger partial charge in [-0.15, -0.1) is 5.10 Å². The number of hydroxylamine groups is 1. The Bertz CT molecular complexity index is 886. The molecule has 0 unspecified atom stereocenters. The Balaban J connectivity index is 2.45. The first kappa shape index (κ1) is 20.4. The third kappa shape index (κ3) is 5.05. The summed E-state index contributed by atoms with van der Waals surface area (Å²) in [6.07, 6.45) is -0.533.